The summed E-state index contributed by atoms with van der Waals surface area (Å²) < 4.78 is 0. The van der Waals surface area contributed by atoms with E-state index in [0.29, 0.717) is 5.56 Å². The Bertz CT molecular complexity index is 523. The molecule has 0 aliphatic carbocycles. The zero-order valence-electron chi connectivity index (χ0n) is 11.0. The van der Waals surface area contributed by atoms with Crippen molar-refractivity contribution in [3.8, 4) is 11.5 Å². The van der Waals surface area contributed by atoms with Gasteiger partial charge in [-0.05, 0) is 37.6 Å². The van der Waals surface area contributed by atoms with Gasteiger partial charge < -0.3 is 15.5 Å². The molecule has 0 spiro atoms. The van der Waals surface area contributed by atoms with Crippen molar-refractivity contribution >= 4 is 0 Å². The molecule has 4 nitrogen and oxygen atoms in total. The van der Waals surface area contributed by atoms with Crippen LogP contribution < -0.4 is 5.32 Å². The molecule has 2 aromatic rings. The predicted octanol–water partition coefficient (Wildman–Crippen LogP) is 2.90. The van der Waals surface area contributed by atoms with Crippen LogP contribution in [0.5, 0.6) is 11.5 Å². The van der Waals surface area contributed by atoms with Crippen LogP contribution >= 0.6 is 0 Å². The molecule has 2 atom stereocenters. The third-order valence-electron chi connectivity index (χ3n) is 3.18. The van der Waals surface area contributed by atoms with Gasteiger partial charge in [-0.3, -0.25) is 4.98 Å². The summed E-state index contributed by atoms with van der Waals surface area (Å²) >= 11 is 0. The van der Waals surface area contributed by atoms with E-state index in [2.05, 4.69) is 10.3 Å². The Morgan fingerprint density at radius 1 is 1.00 bits per heavy atom. The molecule has 4 heteroatoms. The number of nitrogens with zero attached hydrogens (tertiary/aromatic N) is 1. The molecule has 2 unspecified atom stereocenters. The molecule has 0 amide bonds. The van der Waals surface area contributed by atoms with E-state index in [1.165, 1.54) is 0 Å². The van der Waals surface area contributed by atoms with Crippen molar-refractivity contribution < 1.29 is 10.2 Å². The molecule has 0 aliphatic heterocycles. The molecule has 0 saturated heterocycles. The van der Waals surface area contributed by atoms with E-state index >= 15 is 0 Å². The van der Waals surface area contributed by atoms with Crippen LogP contribution in [0.15, 0.2) is 42.7 Å². The Morgan fingerprint density at radius 3 is 2.26 bits per heavy atom. The first kappa shape index (κ1) is 13.4. The van der Waals surface area contributed by atoms with Gasteiger partial charge >= 0.3 is 0 Å². The van der Waals surface area contributed by atoms with Crippen molar-refractivity contribution in [1.29, 1.82) is 0 Å². The van der Waals surface area contributed by atoms with E-state index in [1.54, 1.807) is 30.6 Å². The van der Waals surface area contributed by atoms with E-state index < -0.39 is 0 Å². The van der Waals surface area contributed by atoms with E-state index in [4.69, 9.17) is 0 Å². The van der Waals surface area contributed by atoms with Crippen LogP contribution in [0.25, 0.3) is 0 Å². The fourth-order valence-corrected chi connectivity index (χ4v) is 2.17. The summed E-state index contributed by atoms with van der Waals surface area (Å²) in [6, 6.07) is 8.53. The molecule has 0 radical (unpaired) electrons. The van der Waals surface area contributed by atoms with Crippen LogP contribution in [-0.4, -0.2) is 15.2 Å². The summed E-state index contributed by atoms with van der Waals surface area (Å²) in [7, 11) is 0. The molecule has 1 heterocycles. The van der Waals surface area contributed by atoms with Crippen LogP contribution in [0.3, 0.4) is 0 Å². The van der Waals surface area contributed by atoms with Crippen molar-refractivity contribution in [3.63, 3.8) is 0 Å². The highest BCUT2D eigenvalue weighted by Gasteiger charge is 2.17. The maximum Gasteiger partial charge on any atom is 0.124 e. The lowest BCUT2D eigenvalue weighted by molar-refractivity contribution is 0.407. The minimum absolute atomic E-state index is 0.0720. The molecule has 1 aromatic carbocycles. The quantitative estimate of drug-likeness (QED) is 0.789. The number of aromatic nitrogens is 1. The molecule has 0 saturated carbocycles. The third kappa shape index (κ3) is 3.03. The summed E-state index contributed by atoms with van der Waals surface area (Å²) in [6.07, 6.45) is 3.53. The molecule has 0 aliphatic rings. The molecule has 19 heavy (non-hydrogen) atoms. The second-order valence-corrected chi connectivity index (χ2v) is 4.61. The minimum atomic E-state index is -0.170. The number of aromatic hydroxyl groups is 2. The molecule has 3 N–H and O–H groups in total. The molecule has 0 fully saturated rings. The van der Waals surface area contributed by atoms with Crippen LogP contribution in [-0.2, 0) is 0 Å². The van der Waals surface area contributed by atoms with Gasteiger partial charge in [0.1, 0.15) is 11.5 Å². The van der Waals surface area contributed by atoms with Crippen molar-refractivity contribution in [2.24, 2.45) is 0 Å². The SMILES string of the molecule is CC(NC(C)c1c(O)cccc1O)c1cccnc1. The van der Waals surface area contributed by atoms with Crippen molar-refractivity contribution in [1.82, 2.24) is 10.3 Å². The number of nitrogens with one attached hydrogen (secondary N) is 1. The number of benzene rings is 1. The van der Waals surface area contributed by atoms with Gasteiger partial charge in [-0.2, -0.15) is 0 Å². The van der Waals surface area contributed by atoms with E-state index in [1.807, 2.05) is 26.0 Å². The van der Waals surface area contributed by atoms with Gasteiger partial charge in [-0.15, -0.1) is 0 Å². The monoisotopic (exact) mass is 258 g/mol. The zero-order valence-corrected chi connectivity index (χ0v) is 11.0. The van der Waals surface area contributed by atoms with Crippen LogP contribution in [0.1, 0.15) is 37.1 Å². The zero-order chi connectivity index (χ0) is 13.8. The largest absolute Gasteiger partial charge is 0.507 e. The van der Waals surface area contributed by atoms with Crippen molar-refractivity contribution in [2.45, 2.75) is 25.9 Å². The van der Waals surface area contributed by atoms with E-state index in [0.717, 1.165) is 5.56 Å². The number of hydrogen-bond donors (Lipinski definition) is 3. The average Bonchev–Trinajstić information content (AvgIpc) is 2.39. The predicted molar refractivity (Wildman–Crippen MR) is 74.0 cm³/mol. The Balaban J connectivity index is 2.15. The van der Waals surface area contributed by atoms with Gasteiger partial charge in [-0.1, -0.05) is 12.1 Å². The maximum atomic E-state index is 9.83. The van der Waals surface area contributed by atoms with Gasteiger partial charge in [0.25, 0.3) is 0 Å². The Morgan fingerprint density at radius 2 is 1.68 bits per heavy atom. The number of hydrogen-bond acceptors (Lipinski definition) is 4. The topological polar surface area (TPSA) is 65.4 Å². The standard InChI is InChI=1S/C15H18N2O2/c1-10(12-5-4-8-16-9-12)17-11(2)15-13(18)6-3-7-14(15)19/h3-11,17-19H,1-2H3. The molecular weight excluding hydrogens is 240 g/mol. The highest BCUT2D eigenvalue weighted by molar-refractivity contribution is 5.45. The van der Waals surface area contributed by atoms with Crippen LogP contribution in [0.2, 0.25) is 0 Å². The first-order valence-electron chi connectivity index (χ1n) is 6.26. The fourth-order valence-electron chi connectivity index (χ4n) is 2.17. The molecular formula is C15H18N2O2. The lowest BCUT2D eigenvalue weighted by Gasteiger charge is -2.21. The van der Waals surface area contributed by atoms with Gasteiger partial charge in [0, 0.05) is 24.5 Å². The Labute approximate surface area is 112 Å². The van der Waals surface area contributed by atoms with Crippen molar-refractivity contribution in [2.75, 3.05) is 0 Å². The summed E-state index contributed by atoms with van der Waals surface area (Å²) in [5.74, 6) is 0.191. The van der Waals surface area contributed by atoms with Crippen LogP contribution in [0.4, 0.5) is 0 Å². The number of phenols is 2. The highest BCUT2D eigenvalue weighted by Crippen LogP contribution is 2.33. The van der Waals surface area contributed by atoms with Gasteiger partial charge in [0.05, 0.1) is 5.56 Å². The second kappa shape index (κ2) is 5.71. The fraction of sp³-hybridized carbons (Fsp3) is 0.267. The molecule has 100 valence electrons. The highest BCUT2D eigenvalue weighted by atomic mass is 16.3. The second-order valence-electron chi connectivity index (χ2n) is 4.61. The molecule has 2 rings (SSSR count). The number of phenolic OH excluding ortho intramolecular Hbond substituents is 2. The van der Waals surface area contributed by atoms with Crippen molar-refractivity contribution in [3.05, 3.63) is 53.9 Å². The minimum Gasteiger partial charge on any atom is -0.507 e. The molecule has 0 bridgehead atoms. The normalized spacial score (nSPS) is 14.0. The first-order valence-corrected chi connectivity index (χ1v) is 6.26. The maximum absolute atomic E-state index is 9.83. The Hall–Kier alpha value is -2.07. The van der Waals surface area contributed by atoms with E-state index in [-0.39, 0.29) is 23.6 Å². The molecule has 1 aromatic heterocycles. The lowest BCUT2D eigenvalue weighted by Crippen LogP contribution is -2.22. The van der Waals surface area contributed by atoms with E-state index in [9.17, 15) is 10.2 Å². The third-order valence-corrected chi connectivity index (χ3v) is 3.18. The Kier molecular flexibility index (Phi) is 4.02. The summed E-state index contributed by atoms with van der Waals surface area (Å²) in [5.41, 5.74) is 1.57. The van der Waals surface area contributed by atoms with Gasteiger partial charge in [0.2, 0.25) is 0 Å². The smallest absolute Gasteiger partial charge is 0.124 e. The first-order chi connectivity index (χ1) is 9.09. The lowest BCUT2D eigenvalue weighted by atomic mass is 10.0. The van der Waals surface area contributed by atoms with Crippen LogP contribution in [0, 0.1) is 0 Å². The number of pyridine rings is 1. The summed E-state index contributed by atoms with van der Waals surface area (Å²) in [6.45, 7) is 3.92. The average molecular weight is 258 g/mol. The summed E-state index contributed by atoms with van der Waals surface area (Å²) in [5, 5.41) is 23.0. The summed E-state index contributed by atoms with van der Waals surface area (Å²) in [4.78, 5) is 4.08. The number of rotatable bonds is 4. The van der Waals surface area contributed by atoms with Gasteiger partial charge in [0.15, 0.2) is 0 Å². The van der Waals surface area contributed by atoms with Gasteiger partial charge in [-0.25, -0.2) is 0 Å².